The molecule has 0 aliphatic carbocycles. The number of thiol groups is 2. The van der Waals surface area contributed by atoms with Crippen LogP contribution < -0.4 is 0 Å². The van der Waals surface area contributed by atoms with Gasteiger partial charge in [-0.2, -0.15) is 0 Å². The van der Waals surface area contributed by atoms with Crippen molar-refractivity contribution in [3.05, 3.63) is 35.0 Å². The third kappa shape index (κ3) is 2.77. The maximum Gasteiger partial charge on any atom is 0.0907 e. The van der Waals surface area contributed by atoms with Crippen LogP contribution in [0, 0.1) is 0 Å². The van der Waals surface area contributed by atoms with Crippen molar-refractivity contribution >= 4 is 30.2 Å². The first-order chi connectivity index (χ1) is 6.43. The zero-order valence-corrected chi connectivity index (χ0v) is 9.89. The van der Waals surface area contributed by atoms with E-state index in [1.165, 1.54) is 0 Å². The van der Waals surface area contributed by atoms with Crippen LogP contribution >= 0.6 is 25.3 Å². The smallest absolute Gasteiger partial charge is 0.0907 e. The molecule has 0 radical (unpaired) electrons. The van der Waals surface area contributed by atoms with Crippen LogP contribution in [0.15, 0.2) is 29.4 Å². The van der Waals surface area contributed by atoms with Crippen LogP contribution in [0.1, 0.15) is 19.4 Å². The molecule has 1 aromatic rings. The minimum absolute atomic E-state index is 0.548. The Morgan fingerprint density at radius 3 is 2.21 bits per heavy atom. The van der Waals surface area contributed by atoms with E-state index in [-0.39, 0.29) is 0 Å². The number of hydrogen-bond acceptors (Lipinski definition) is 4. The van der Waals surface area contributed by atoms with Gasteiger partial charge in [0.15, 0.2) is 0 Å². The first-order valence-electron chi connectivity index (χ1n) is 4.18. The van der Waals surface area contributed by atoms with E-state index in [0.717, 1.165) is 5.56 Å². The van der Waals surface area contributed by atoms with Gasteiger partial charge in [0.1, 0.15) is 0 Å². The number of hydrogen-bond donors (Lipinski definition) is 3. The molecular weight excluding hydrogens is 214 g/mol. The van der Waals surface area contributed by atoms with Gasteiger partial charge in [-0.15, -0.1) is 25.3 Å². The molecule has 0 aromatic carbocycles. The van der Waals surface area contributed by atoms with E-state index in [2.05, 4.69) is 30.2 Å². The molecule has 1 rings (SSSR count). The van der Waals surface area contributed by atoms with Gasteiger partial charge in [-0.1, -0.05) is 0 Å². The highest BCUT2D eigenvalue weighted by Gasteiger charge is 2.19. The van der Waals surface area contributed by atoms with Crippen molar-refractivity contribution < 1.29 is 5.11 Å². The second-order valence-corrected chi connectivity index (χ2v) is 4.39. The van der Waals surface area contributed by atoms with Gasteiger partial charge in [-0.3, -0.25) is 4.98 Å². The summed E-state index contributed by atoms with van der Waals surface area (Å²) in [6.45, 7) is 3.35. The van der Waals surface area contributed by atoms with E-state index in [9.17, 15) is 5.11 Å². The maximum absolute atomic E-state index is 9.72. The van der Waals surface area contributed by atoms with Gasteiger partial charge in [0, 0.05) is 22.2 Å². The van der Waals surface area contributed by atoms with Gasteiger partial charge in [-0.25, -0.2) is 0 Å². The molecule has 1 N–H and O–H groups in total. The lowest BCUT2D eigenvalue weighted by Crippen LogP contribution is -2.19. The lowest BCUT2D eigenvalue weighted by atomic mass is 10.1. The summed E-state index contributed by atoms with van der Waals surface area (Å²) in [5.74, 6) is 0. The molecule has 0 atom stereocenters. The van der Waals surface area contributed by atoms with Gasteiger partial charge < -0.3 is 5.11 Å². The van der Waals surface area contributed by atoms with E-state index >= 15 is 0 Å². The third-order valence-corrected chi connectivity index (χ3v) is 3.19. The van der Waals surface area contributed by atoms with Crippen molar-refractivity contribution in [1.82, 2.24) is 4.98 Å². The Morgan fingerprint density at radius 1 is 1.29 bits per heavy atom. The van der Waals surface area contributed by atoms with E-state index in [1.54, 1.807) is 26.2 Å². The Hall–Kier alpha value is -0.450. The summed E-state index contributed by atoms with van der Waals surface area (Å²) in [5, 5.41) is 9.72. The Balaban J connectivity index is 3.12. The van der Waals surface area contributed by atoms with E-state index in [1.807, 2.05) is 12.1 Å². The predicted octanol–water partition coefficient (Wildman–Crippen LogP) is 2.38. The van der Waals surface area contributed by atoms with Crippen LogP contribution in [-0.4, -0.2) is 15.7 Å². The highest BCUT2D eigenvalue weighted by Crippen LogP contribution is 2.31. The minimum Gasteiger partial charge on any atom is -0.385 e. The molecule has 1 heterocycles. The van der Waals surface area contributed by atoms with Crippen molar-refractivity contribution in [2.75, 3.05) is 0 Å². The third-order valence-electron chi connectivity index (χ3n) is 1.76. The SMILES string of the molecule is CC(C)(O)/C(S)=C(\S)c1ccncc1. The molecule has 0 amide bonds. The predicted molar refractivity (Wildman–Crippen MR) is 65.4 cm³/mol. The van der Waals surface area contributed by atoms with E-state index in [0.29, 0.717) is 9.81 Å². The molecule has 1 aromatic heterocycles. The summed E-state index contributed by atoms with van der Waals surface area (Å²) >= 11 is 8.57. The highest BCUT2D eigenvalue weighted by molar-refractivity contribution is 7.93. The van der Waals surface area contributed by atoms with Gasteiger partial charge in [0.2, 0.25) is 0 Å². The molecule has 0 unspecified atom stereocenters. The molecule has 0 saturated carbocycles. The van der Waals surface area contributed by atoms with Gasteiger partial charge in [0.05, 0.1) is 5.60 Å². The van der Waals surface area contributed by atoms with Crippen molar-refractivity contribution in [2.24, 2.45) is 0 Å². The van der Waals surface area contributed by atoms with Crippen molar-refractivity contribution in [2.45, 2.75) is 19.4 Å². The summed E-state index contributed by atoms with van der Waals surface area (Å²) in [4.78, 5) is 5.12. The zero-order valence-electron chi connectivity index (χ0n) is 8.10. The molecule has 76 valence electrons. The molecule has 0 bridgehead atoms. The first kappa shape index (κ1) is 11.6. The summed E-state index contributed by atoms with van der Waals surface area (Å²) in [5.41, 5.74) is -0.0702. The number of aromatic nitrogens is 1. The lowest BCUT2D eigenvalue weighted by Gasteiger charge is -2.19. The van der Waals surface area contributed by atoms with Crippen LogP contribution in [-0.2, 0) is 0 Å². The summed E-state index contributed by atoms with van der Waals surface area (Å²) < 4.78 is 0. The maximum atomic E-state index is 9.72. The number of nitrogens with zero attached hydrogens (tertiary/aromatic N) is 1. The Labute approximate surface area is 94.9 Å². The number of aliphatic hydroxyl groups is 1. The lowest BCUT2D eigenvalue weighted by molar-refractivity contribution is 0.130. The standard InChI is InChI=1S/C10H13NOS2/c1-10(2,12)9(14)8(13)7-3-5-11-6-4-7/h3-6,12-14H,1-2H3/b9-8+. The first-order valence-corrected chi connectivity index (χ1v) is 5.08. The topological polar surface area (TPSA) is 33.1 Å². The molecule has 0 saturated heterocycles. The largest absolute Gasteiger partial charge is 0.385 e. The van der Waals surface area contributed by atoms with Crippen molar-refractivity contribution in [3.63, 3.8) is 0 Å². The molecule has 4 heteroatoms. The van der Waals surface area contributed by atoms with Crippen molar-refractivity contribution in [1.29, 1.82) is 0 Å². The summed E-state index contributed by atoms with van der Waals surface area (Å²) in [6, 6.07) is 3.65. The normalized spacial score (nSPS) is 13.8. The number of rotatable bonds is 2. The van der Waals surface area contributed by atoms with Crippen LogP contribution in [0.25, 0.3) is 4.91 Å². The number of pyridine rings is 1. The van der Waals surface area contributed by atoms with Crippen molar-refractivity contribution in [3.8, 4) is 0 Å². The fourth-order valence-electron chi connectivity index (χ4n) is 0.936. The molecule has 14 heavy (non-hydrogen) atoms. The molecule has 0 aliphatic heterocycles. The fraction of sp³-hybridized carbons (Fsp3) is 0.300. The summed E-state index contributed by atoms with van der Waals surface area (Å²) in [6.07, 6.45) is 3.36. The van der Waals surface area contributed by atoms with E-state index in [4.69, 9.17) is 0 Å². The monoisotopic (exact) mass is 227 g/mol. The van der Waals surface area contributed by atoms with E-state index < -0.39 is 5.60 Å². The molecule has 0 fully saturated rings. The average Bonchev–Trinajstić information content (AvgIpc) is 2.15. The van der Waals surface area contributed by atoms with Crippen LogP contribution in [0.3, 0.4) is 0 Å². The van der Waals surface area contributed by atoms with Gasteiger partial charge in [-0.05, 0) is 31.5 Å². The molecule has 0 spiro atoms. The Bertz CT molecular complexity index is 341. The van der Waals surface area contributed by atoms with Gasteiger partial charge >= 0.3 is 0 Å². The summed E-state index contributed by atoms with van der Waals surface area (Å²) in [7, 11) is 0. The molecule has 0 aliphatic rings. The van der Waals surface area contributed by atoms with Gasteiger partial charge in [0.25, 0.3) is 0 Å². The van der Waals surface area contributed by atoms with Crippen LogP contribution in [0.2, 0.25) is 0 Å². The molecular formula is C10H13NOS2. The molecule has 2 nitrogen and oxygen atoms in total. The average molecular weight is 227 g/mol. The Morgan fingerprint density at radius 2 is 1.79 bits per heavy atom. The van der Waals surface area contributed by atoms with Crippen LogP contribution in [0.4, 0.5) is 0 Å². The minimum atomic E-state index is -0.969. The van der Waals surface area contributed by atoms with Crippen LogP contribution in [0.5, 0.6) is 0 Å². The fourth-order valence-corrected chi connectivity index (χ4v) is 1.49. The Kier molecular flexibility index (Phi) is 3.64. The second-order valence-electron chi connectivity index (χ2n) is 3.49. The second kappa shape index (κ2) is 4.38. The zero-order chi connectivity index (χ0) is 10.8. The quantitative estimate of drug-likeness (QED) is 0.678. The highest BCUT2D eigenvalue weighted by atomic mass is 32.1.